The maximum Gasteiger partial charge on any atom is 0.328 e. The number of hydrogen-bond acceptors (Lipinski definition) is 4. The van der Waals surface area contributed by atoms with Crippen LogP contribution in [0.4, 0.5) is 0 Å². The van der Waals surface area contributed by atoms with Crippen LogP contribution in [0.2, 0.25) is 0 Å². The summed E-state index contributed by atoms with van der Waals surface area (Å²) >= 11 is 0. The minimum Gasteiger partial charge on any atom is -0.478 e. The normalized spacial score (nSPS) is 21.2. The lowest BCUT2D eigenvalue weighted by molar-refractivity contribution is -0.132. The van der Waals surface area contributed by atoms with Crippen LogP contribution in [-0.4, -0.2) is 32.8 Å². The third kappa shape index (κ3) is 3.99. The number of carbonyl (C=O) groups is 2. The molecule has 1 aromatic heterocycles. The van der Waals surface area contributed by atoms with E-state index in [4.69, 9.17) is 10.2 Å². The third-order valence-electron chi connectivity index (χ3n) is 3.12. The number of aromatic nitrogens is 1. The SMILES string of the molecule is O=C(O)C=CC1(C=CC(=O)O)C=CN=C(c2ccccn2)C1. The maximum atomic E-state index is 10.8. The van der Waals surface area contributed by atoms with E-state index in [1.807, 2.05) is 6.07 Å². The summed E-state index contributed by atoms with van der Waals surface area (Å²) in [6, 6.07) is 5.40. The zero-order chi connectivity index (χ0) is 16.0. The Labute approximate surface area is 126 Å². The predicted molar refractivity (Wildman–Crippen MR) is 80.5 cm³/mol. The fourth-order valence-electron chi connectivity index (χ4n) is 2.09. The molecule has 0 radical (unpaired) electrons. The van der Waals surface area contributed by atoms with Gasteiger partial charge in [-0.2, -0.15) is 0 Å². The van der Waals surface area contributed by atoms with Crippen molar-refractivity contribution in [2.24, 2.45) is 10.4 Å². The fraction of sp³-hybridized carbons (Fsp3) is 0.125. The van der Waals surface area contributed by atoms with Crippen LogP contribution < -0.4 is 0 Å². The van der Waals surface area contributed by atoms with E-state index in [1.165, 1.54) is 18.4 Å². The van der Waals surface area contributed by atoms with E-state index in [9.17, 15) is 9.59 Å². The lowest BCUT2D eigenvalue weighted by atomic mass is 9.79. The second-order valence-electron chi connectivity index (χ2n) is 4.74. The highest BCUT2D eigenvalue weighted by Gasteiger charge is 2.27. The first-order valence-electron chi connectivity index (χ1n) is 6.51. The van der Waals surface area contributed by atoms with Crippen molar-refractivity contribution in [3.05, 3.63) is 66.7 Å². The van der Waals surface area contributed by atoms with E-state index in [1.54, 1.807) is 24.4 Å². The lowest BCUT2D eigenvalue weighted by Gasteiger charge is -2.26. The molecule has 6 nitrogen and oxygen atoms in total. The van der Waals surface area contributed by atoms with Crippen molar-refractivity contribution in [1.82, 2.24) is 4.98 Å². The van der Waals surface area contributed by atoms with Gasteiger partial charge in [0.05, 0.1) is 11.4 Å². The first-order valence-corrected chi connectivity index (χ1v) is 6.51. The molecule has 0 aliphatic carbocycles. The van der Waals surface area contributed by atoms with E-state index in [0.29, 0.717) is 17.8 Å². The topological polar surface area (TPSA) is 99.8 Å². The maximum absolute atomic E-state index is 10.8. The molecule has 0 bridgehead atoms. The number of rotatable bonds is 5. The molecule has 1 aromatic rings. The smallest absolute Gasteiger partial charge is 0.328 e. The highest BCUT2D eigenvalue weighted by Crippen LogP contribution is 2.33. The van der Waals surface area contributed by atoms with Gasteiger partial charge in [0.25, 0.3) is 0 Å². The molecular weight excluding hydrogens is 284 g/mol. The van der Waals surface area contributed by atoms with Crippen molar-refractivity contribution < 1.29 is 19.8 Å². The van der Waals surface area contributed by atoms with E-state index in [-0.39, 0.29) is 0 Å². The Morgan fingerprint density at radius 2 is 1.82 bits per heavy atom. The third-order valence-corrected chi connectivity index (χ3v) is 3.12. The number of allylic oxidation sites excluding steroid dienone is 3. The largest absolute Gasteiger partial charge is 0.478 e. The molecule has 0 atom stereocenters. The molecule has 0 unspecified atom stereocenters. The van der Waals surface area contributed by atoms with Crippen LogP contribution in [0.15, 0.2) is 66.0 Å². The van der Waals surface area contributed by atoms with Crippen LogP contribution in [0.1, 0.15) is 12.1 Å². The van der Waals surface area contributed by atoms with Gasteiger partial charge in [0, 0.05) is 36.4 Å². The molecule has 2 heterocycles. The fourth-order valence-corrected chi connectivity index (χ4v) is 2.09. The molecule has 0 amide bonds. The molecule has 0 saturated heterocycles. The summed E-state index contributed by atoms with van der Waals surface area (Å²) in [5, 5.41) is 17.7. The molecule has 6 heteroatoms. The van der Waals surface area contributed by atoms with Crippen molar-refractivity contribution in [2.75, 3.05) is 0 Å². The second kappa shape index (κ2) is 6.62. The van der Waals surface area contributed by atoms with Crippen molar-refractivity contribution in [1.29, 1.82) is 0 Å². The highest BCUT2D eigenvalue weighted by atomic mass is 16.4. The standard InChI is InChI=1S/C16H14N2O4/c19-14(20)4-6-16(7-5-15(21)22)8-10-18-13(11-16)12-3-1-2-9-17-12/h1-10H,11H2,(H,19,20)(H,21,22). The van der Waals surface area contributed by atoms with Crippen LogP contribution in [0.3, 0.4) is 0 Å². The molecule has 2 rings (SSSR count). The Morgan fingerprint density at radius 3 is 2.36 bits per heavy atom. The van der Waals surface area contributed by atoms with E-state index >= 15 is 0 Å². The van der Waals surface area contributed by atoms with Crippen molar-refractivity contribution in [3.63, 3.8) is 0 Å². The Kier molecular flexibility index (Phi) is 4.63. The minimum atomic E-state index is -1.10. The summed E-state index contributed by atoms with van der Waals surface area (Å²) in [6.07, 6.45) is 10.1. The average molecular weight is 298 g/mol. The van der Waals surface area contributed by atoms with Gasteiger partial charge in [-0.25, -0.2) is 9.59 Å². The Hall–Kier alpha value is -3.02. The molecule has 22 heavy (non-hydrogen) atoms. The number of aliphatic imine (C=N–C) groups is 1. The highest BCUT2D eigenvalue weighted by molar-refractivity contribution is 6.01. The predicted octanol–water partition coefficient (Wildman–Crippen LogP) is 2.06. The monoisotopic (exact) mass is 298 g/mol. The summed E-state index contributed by atoms with van der Waals surface area (Å²) in [5.41, 5.74) is 0.475. The number of carboxylic acid groups (broad SMARTS) is 2. The van der Waals surface area contributed by atoms with E-state index in [0.717, 1.165) is 12.2 Å². The van der Waals surface area contributed by atoms with Gasteiger partial charge >= 0.3 is 11.9 Å². The van der Waals surface area contributed by atoms with Gasteiger partial charge in [0.1, 0.15) is 0 Å². The molecule has 2 N–H and O–H groups in total. The van der Waals surface area contributed by atoms with Crippen LogP contribution in [0, 0.1) is 5.41 Å². The van der Waals surface area contributed by atoms with E-state index < -0.39 is 17.4 Å². The number of pyridine rings is 1. The minimum absolute atomic E-state index is 0.327. The average Bonchev–Trinajstić information content (AvgIpc) is 2.52. The summed E-state index contributed by atoms with van der Waals surface area (Å²) in [4.78, 5) is 30.0. The van der Waals surface area contributed by atoms with Gasteiger partial charge in [-0.05, 0) is 12.1 Å². The van der Waals surface area contributed by atoms with Gasteiger partial charge in [-0.15, -0.1) is 0 Å². The van der Waals surface area contributed by atoms with Crippen molar-refractivity contribution in [2.45, 2.75) is 6.42 Å². The number of hydrogen-bond donors (Lipinski definition) is 2. The molecule has 0 fully saturated rings. The van der Waals surface area contributed by atoms with Gasteiger partial charge in [-0.3, -0.25) is 9.98 Å². The van der Waals surface area contributed by atoms with E-state index in [2.05, 4.69) is 9.98 Å². The summed E-state index contributed by atoms with van der Waals surface area (Å²) < 4.78 is 0. The van der Waals surface area contributed by atoms with Crippen LogP contribution in [0.25, 0.3) is 0 Å². The van der Waals surface area contributed by atoms with Crippen LogP contribution >= 0.6 is 0 Å². The van der Waals surface area contributed by atoms with Gasteiger partial charge in [0.15, 0.2) is 0 Å². The quantitative estimate of drug-likeness (QED) is 0.810. The van der Waals surface area contributed by atoms with Crippen LogP contribution in [0.5, 0.6) is 0 Å². The number of nitrogens with zero attached hydrogens (tertiary/aromatic N) is 2. The number of aliphatic carboxylic acids is 2. The zero-order valence-corrected chi connectivity index (χ0v) is 11.6. The molecule has 112 valence electrons. The molecule has 0 spiro atoms. The van der Waals surface area contributed by atoms with Crippen molar-refractivity contribution >= 4 is 17.7 Å². The molecule has 0 saturated carbocycles. The first kappa shape index (κ1) is 15.4. The van der Waals surface area contributed by atoms with Gasteiger partial charge in [0.2, 0.25) is 0 Å². The number of carboxylic acids is 2. The molecule has 1 aliphatic rings. The van der Waals surface area contributed by atoms with Gasteiger partial charge in [-0.1, -0.05) is 24.3 Å². The van der Waals surface area contributed by atoms with Crippen molar-refractivity contribution in [3.8, 4) is 0 Å². The Balaban J connectivity index is 2.36. The summed E-state index contributed by atoms with van der Waals surface area (Å²) in [5.74, 6) is -2.20. The summed E-state index contributed by atoms with van der Waals surface area (Å²) in [7, 11) is 0. The molecule has 0 aromatic carbocycles. The van der Waals surface area contributed by atoms with Crippen LogP contribution in [-0.2, 0) is 9.59 Å². The Morgan fingerprint density at radius 1 is 1.14 bits per heavy atom. The van der Waals surface area contributed by atoms with Gasteiger partial charge < -0.3 is 10.2 Å². The second-order valence-corrected chi connectivity index (χ2v) is 4.74. The summed E-state index contributed by atoms with van der Waals surface area (Å²) in [6.45, 7) is 0. The zero-order valence-electron chi connectivity index (χ0n) is 11.6. The Bertz CT molecular complexity index is 663. The first-order chi connectivity index (χ1) is 10.5. The lowest BCUT2D eigenvalue weighted by Crippen LogP contribution is -2.22. The molecular formula is C16H14N2O4. The molecule has 1 aliphatic heterocycles.